The number of nitrogens with zero attached hydrogens (tertiary/aromatic N) is 4. The molecule has 4 aromatic rings. The van der Waals surface area contributed by atoms with Gasteiger partial charge in [-0.25, -0.2) is 0 Å². The minimum absolute atomic E-state index is 0. The van der Waals surface area contributed by atoms with Gasteiger partial charge < -0.3 is 119 Å². The van der Waals surface area contributed by atoms with E-state index in [-0.39, 0.29) is 117 Å². The molecular weight excluding hydrogens is 1240 g/mol. The molecule has 4 unspecified atom stereocenters. The molecule has 0 bridgehead atoms. The molecule has 0 heterocycles. The van der Waals surface area contributed by atoms with E-state index in [1.165, 1.54) is 72.8 Å². The largest absolute Gasteiger partial charge is 3.00 e. The molecule has 28 nitrogen and oxygen atoms in total. The van der Waals surface area contributed by atoms with Crippen LogP contribution in [-0.4, -0.2) is 194 Å². The summed E-state index contributed by atoms with van der Waals surface area (Å²) in [5, 5.41) is 119. The predicted molar refractivity (Wildman–Crippen MR) is 257 cm³/mol. The normalized spacial score (nSPS) is 13.7. The van der Waals surface area contributed by atoms with Gasteiger partial charge in [-0.2, -0.15) is 0 Å². The molecule has 438 valence electrons. The molecule has 0 aliphatic rings. The van der Waals surface area contributed by atoms with E-state index in [4.69, 9.17) is 0 Å². The van der Waals surface area contributed by atoms with Crippen molar-refractivity contribution >= 4 is 68.1 Å². The number of aliphatic hydroxyl groups excluding tert-OH is 8. The number of phenolic OH excluding ortho intramolecular Hbond substituents is 4. The Hall–Kier alpha value is -1.50. The molecule has 0 aliphatic carbocycles. The van der Waals surface area contributed by atoms with Crippen LogP contribution in [0, 0.1) is 0 Å². The van der Waals surface area contributed by atoms with Gasteiger partial charge in [0, 0.05) is 73.6 Å². The van der Waals surface area contributed by atoms with Crippen LogP contribution in [0.5, 0.6) is 23.0 Å². The van der Waals surface area contributed by atoms with Crippen LogP contribution in [0.2, 0.25) is 0 Å². The molecule has 0 saturated carbocycles. The zero-order valence-electron chi connectivity index (χ0n) is 41.8. The Balaban J connectivity index is 0.00000148. The number of hydrogen-bond acceptors (Lipinski definition) is 28. The van der Waals surface area contributed by atoms with Crippen molar-refractivity contribution in [3.63, 3.8) is 0 Å². The molecule has 0 amide bonds. The van der Waals surface area contributed by atoms with Gasteiger partial charge in [0.25, 0.3) is 0 Å². The number of aliphatic hydroxyl groups is 8. The molecule has 79 heavy (non-hydrogen) atoms. The molecule has 0 aliphatic heterocycles. The van der Waals surface area contributed by atoms with Crippen LogP contribution in [0.15, 0.2) is 72.8 Å². The van der Waals surface area contributed by atoms with Gasteiger partial charge in [-0.3, -0.25) is 19.6 Å². The number of benzene rings is 4. The molecule has 0 spiro atoms. The molecule has 35 heteroatoms. The smallest absolute Gasteiger partial charge is 0.810 e. The second-order valence-corrected chi connectivity index (χ2v) is 23.5. The van der Waals surface area contributed by atoms with Crippen LogP contribution in [0.3, 0.4) is 0 Å². The van der Waals surface area contributed by atoms with E-state index in [0.717, 1.165) is 19.6 Å². The molecule has 0 aromatic heterocycles. The summed E-state index contributed by atoms with van der Waals surface area (Å²) in [6.45, 7) is -7.19. The molecule has 12 N–H and O–H groups in total. The topological polar surface area (TPSA) is 508 Å². The standard InChI is InChI=1S/2C22H34N2O12P2.Ca.2Fe/c2*25-9-15-2-4-21(29)18(5-15)8-24(14-38(34,35)36)20(12-28)19(11-27)23(13-37(31,32)33)7-17-3-1-16(10-26)6-22(17)30;;;/h2*1-6,19-20,25-30H,7-14H2,(H2,31,32,33)(H2,34,35,36);;;/q;;+2;2*+3/p-8. The summed E-state index contributed by atoms with van der Waals surface area (Å²) < 4.78 is 46.9. The van der Waals surface area contributed by atoms with Gasteiger partial charge in [0.15, 0.2) is 0 Å². The van der Waals surface area contributed by atoms with Gasteiger partial charge in [0.2, 0.25) is 0 Å². The zero-order valence-corrected chi connectivity index (χ0v) is 49.8. The van der Waals surface area contributed by atoms with Crippen molar-refractivity contribution in [1.82, 2.24) is 19.6 Å². The van der Waals surface area contributed by atoms with Gasteiger partial charge in [0.05, 0.1) is 77.0 Å². The average molecular weight is 1300 g/mol. The maximum atomic E-state index is 11.7. The number of phenols is 4. The SMILES string of the molecule is O=P([O-])([O-])CN(Cc1ccc(CO)cc1O)C(CO)C(CO)N(Cc1cc(CO)ccc1O)CP(=O)([O-])[O-].O=P([O-])([O-])CN(Cc1ccc(CO)cc1O)C(CO)C(CO)N(Cc1cc(CO)ccc1O)CP(=O)([O-])[O-].[Ca+2].[Fe+3].[Fe+3]. The van der Waals surface area contributed by atoms with Crippen molar-refractivity contribution in [2.24, 2.45) is 0 Å². The first kappa shape index (κ1) is 77.5. The third-order valence-corrected chi connectivity index (χ3v) is 14.6. The van der Waals surface area contributed by atoms with E-state index in [1.54, 1.807) is 0 Å². The fraction of sp³-hybridized carbons (Fsp3) is 0.455. The van der Waals surface area contributed by atoms with Crippen molar-refractivity contribution in [2.75, 3.05) is 51.6 Å². The summed E-state index contributed by atoms with van der Waals surface area (Å²) in [6, 6.07) is 10.00. The summed E-state index contributed by atoms with van der Waals surface area (Å²) >= 11 is 0. The van der Waals surface area contributed by atoms with Crippen molar-refractivity contribution in [2.45, 2.75) is 76.8 Å². The number of hydrogen-bond donors (Lipinski definition) is 12. The monoisotopic (exact) mass is 1300 g/mol. The molecular formula is C44H60CaFe2N4O24P4. The van der Waals surface area contributed by atoms with Crippen molar-refractivity contribution in [1.29, 1.82) is 0 Å². The Bertz CT molecular complexity index is 2510. The average Bonchev–Trinajstić information content (AvgIpc) is 3.32. The van der Waals surface area contributed by atoms with Gasteiger partial charge >= 0.3 is 71.9 Å². The molecule has 4 atom stereocenters. The molecule has 4 aromatic carbocycles. The Labute approximate surface area is 505 Å². The first-order valence-electron chi connectivity index (χ1n) is 22.5. The Morgan fingerprint density at radius 1 is 0.342 bits per heavy atom. The van der Waals surface area contributed by atoms with E-state index in [9.17, 15) is 119 Å². The van der Waals surface area contributed by atoms with Crippen LogP contribution in [0.4, 0.5) is 0 Å². The van der Waals surface area contributed by atoms with Gasteiger partial charge in [-0.1, -0.05) is 66.8 Å². The molecule has 0 fully saturated rings. The van der Waals surface area contributed by atoms with E-state index in [2.05, 4.69) is 0 Å². The van der Waals surface area contributed by atoms with Crippen LogP contribution in [-0.2, 0) is 105 Å². The maximum absolute atomic E-state index is 11.7. The molecule has 4 rings (SSSR count). The first-order valence-corrected chi connectivity index (χ1v) is 29.4. The summed E-state index contributed by atoms with van der Waals surface area (Å²) in [6.07, 6.45) is -4.79. The van der Waals surface area contributed by atoms with Gasteiger partial charge in [-0.05, 0) is 58.7 Å². The summed E-state index contributed by atoms with van der Waals surface area (Å²) in [5.74, 6) is -1.39. The van der Waals surface area contributed by atoms with Gasteiger partial charge in [0.1, 0.15) is 23.0 Å². The fourth-order valence-corrected chi connectivity index (χ4v) is 11.2. The van der Waals surface area contributed by atoms with E-state index in [0.29, 0.717) is 22.3 Å². The predicted octanol–water partition coefficient (Wildman–Crippen LogP) is -6.68. The van der Waals surface area contributed by atoms with Crippen LogP contribution in [0.1, 0.15) is 44.5 Å². The second-order valence-electron chi connectivity index (χ2n) is 17.5. The second kappa shape index (κ2) is 35.7. The van der Waals surface area contributed by atoms with Crippen LogP contribution >= 0.6 is 30.4 Å². The minimum Gasteiger partial charge on any atom is -0.810 e. The third kappa shape index (κ3) is 26.5. The van der Waals surface area contributed by atoms with E-state index >= 15 is 0 Å². The van der Waals surface area contributed by atoms with E-state index < -0.39 is 159 Å². The van der Waals surface area contributed by atoms with Crippen molar-refractivity contribution < 1.29 is 153 Å². The minimum atomic E-state index is -5.32. The van der Waals surface area contributed by atoms with Crippen molar-refractivity contribution in [3.05, 3.63) is 117 Å². The van der Waals surface area contributed by atoms with Crippen LogP contribution in [0.25, 0.3) is 0 Å². The van der Waals surface area contributed by atoms with Crippen molar-refractivity contribution in [3.8, 4) is 23.0 Å². The van der Waals surface area contributed by atoms with Gasteiger partial charge in [-0.15, -0.1) is 0 Å². The Morgan fingerprint density at radius 2 is 0.557 bits per heavy atom. The quantitative estimate of drug-likeness (QED) is 0.0171. The summed E-state index contributed by atoms with van der Waals surface area (Å²) in [4.78, 5) is 97.5. The van der Waals surface area contributed by atoms with E-state index in [1.807, 2.05) is 0 Å². The number of rotatable bonds is 30. The zero-order chi connectivity index (χ0) is 57.3. The third-order valence-electron chi connectivity index (χ3n) is 11.7. The summed E-state index contributed by atoms with van der Waals surface area (Å²) in [7, 11) is -21.3. The maximum Gasteiger partial charge on any atom is 3.00 e. The Kier molecular flexibility index (Phi) is 35.0. The van der Waals surface area contributed by atoms with Crippen LogP contribution < -0.4 is 39.1 Å². The Morgan fingerprint density at radius 3 is 0.759 bits per heavy atom. The molecule has 2 radical (unpaired) electrons. The fourth-order valence-electron chi connectivity index (χ4n) is 8.19. The molecule has 0 saturated heterocycles. The first-order chi connectivity index (χ1) is 35.4. The summed E-state index contributed by atoms with van der Waals surface area (Å²) in [5.41, 5.74) is 1.64. The number of aromatic hydroxyl groups is 4.